The Hall–Kier alpha value is -4.10. The van der Waals surface area contributed by atoms with Crippen LogP contribution in [0.4, 0.5) is 11.4 Å². The van der Waals surface area contributed by atoms with Gasteiger partial charge in [-0.3, -0.25) is 0 Å². The SMILES string of the molecule is Cc1ccc2c(c1)C1(c3ccccc3-c3ccc(Nc4ccc(C5CCCCC5)cc4)cc31)c1cc(C)ccc1-2. The van der Waals surface area contributed by atoms with Crippen molar-refractivity contribution in [3.05, 3.63) is 142 Å². The summed E-state index contributed by atoms with van der Waals surface area (Å²) in [6.07, 6.45) is 6.81. The fourth-order valence-corrected chi connectivity index (χ4v) is 7.93. The van der Waals surface area contributed by atoms with E-state index in [2.05, 4.69) is 122 Å². The van der Waals surface area contributed by atoms with Gasteiger partial charge < -0.3 is 5.32 Å². The Morgan fingerprint density at radius 3 is 1.75 bits per heavy atom. The molecule has 8 rings (SSSR count). The van der Waals surface area contributed by atoms with E-state index < -0.39 is 0 Å². The first-order chi connectivity index (χ1) is 19.6. The number of hydrogen-bond donors (Lipinski definition) is 1. The van der Waals surface area contributed by atoms with Gasteiger partial charge in [0.2, 0.25) is 0 Å². The molecule has 0 bridgehead atoms. The van der Waals surface area contributed by atoms with Crippen LogP contribution in [0.5, 0.6) is 0 Å². The van der Waals surface area contributed by atoms with E-state index in [-0.39, 0.29) is 5.41 Å². The van der Waals surface area contributed by atoms with Crippen molar-refractivity contribution in [2.75, 3.05) is 5.32 Å². The van der Waals surface area contributed by atoms with Gasteiger partial charge in [0, 0.05) is 11.4 Å². The molecule has 0 amide bonds. The van der Waals surface area contributed by atoms with Gasteiger partial charge in [-0.1, -0.05) is 109 Å². The van der Waals surface area contributed by atoms with E-state index in [9.17, 15) is 0 Å². The summed E-state index contributed by atoms with van der Waals surface area (Å²) >= 11 is 0. The Kier molecular flexibility index (Phi) is 5.32. The molecule has 1 spiro atoms. The van der Waals surface area contributed by atoms with Gasteiger partial charge in [-0.2, -0.15) is 0 Å². The van der Waals surface area contributed by atoms with Crippen LogP contribution in [-0.2, 0) is 5.41 Å². The average molecular weight is 518 g/mol. The van der Waals surface area contributed by atoms with E-state index in [1.165, 1.54) is 93.3 Å². The first-order valence-electron chi connectivity index (χ1n) is 15.0. The maximum atomic E-state index is 3.77. The summed E-state index contributed by atoms with van der Waals surface area (Å²) in [6.45, 7) is 4.44. The van der Waals surface area contributed by atoms with Crippen LogP contribution in [0.1, 0.15) is 77.0 Å². The van der Waals surface area contributed by atoms with Crippen molar-refractivity contribution in [2.24, 2.45) is 0 Å². The van der Waals surface area contributed by atoms with E-state index in [0.717, 1.165) is 17.3 Å². The van der Waals surface area contributed by atoms with Crippen LogP contribution in [0.15, 0.2) is 103 Å². The minimum atomic E-state index is -0.308. The molecule has 5 aromatic rings. The van der Waals surface area contributed by atoms with Crippen LogP contribution >= 0.6 is 0 Å². The molecule has 0 saturated heterocycles. The highest BCUT2D eigenvalue weighted by atomic mass is 14.9. The van der Waals surface area contributed by atoms with Crippen LogP contribution in [-0.4, -0.2) is 0 Å². The van der Waals surface area contributed by atoms with E-state index in [1.54, 1.807) is 0 Å². The number of aryl methyl sites for hydroxylation is 2. The third-order valence-electron chi connectivity index (χ3n) is 9.77. The minimum Gasteiger partial charge on any atom is -0.356 e. The summed E-state index contributed by atoms with van der Waals surface area (Å²) in [5.74, 6) is 0.732. The molecule has 0 aromatic heterocycles. The Morgan fingerprint density at radius 1 is 0.525 bits per heavy atom. The van der Waals surface area contributed by atoms with Crippen molar-refractivity contribution in [2.45, 2.75) is 57.3 Å². The largest absolute Gasteiger partial charge is 0.356 e. The van der Waals surface area contributed by atoms with Crippen LogP contribution in [0.3, 0.4) is 0 Å². The average Bonchev–Trinajstić information content (AvgIpc) is 3.44. The predicted molar refractivity (Wildman–Crippen MR) is 168 cm³/mol. The molecule has 196 valence electrons. The molecule has 3 aliphatic carbocycles. The topological polar surface area (TPSA) is 12.0 Å². The van der Waals surface area contributed by atoms with Crippen molar-refractivity contribution < 1.29 is 0 Å². The lowest BCUT2D eigenvalue weighted by Gasteiger charge is -2.31. The highest BCUT2D eigenvalue weighted by molar-refractivity contribution is 5.96. The molecule has 0 atom stereocenters. The highest BCUT2D eigenvalue weighted by Gasteiger charge is 2.51. The summed E-state index contributed by atoms with van der Waals surface area (Å²) < 4.78 is 0. The Morgan fingerprint density at radius 2 is 1.07 bits per heavy atom. The molecule has 0 radical (unpaired) electrons. The molecule has 0 aliphatic heterocycles. The summed E-state index contributed by atoms with van der Waals surface area (Å²) in [7, 11) is 0. The first-order valence-corrected chi connectivity index (χ1v) is 15.0. The predicted octanol–water partition coefficient (Wildman–Crippen LogP) is 10.4. The molecular weight excluding hydrogens is 482 g/mol. The van der Waals surface area contributed by atoms with Crippen LogP contribution in [0, 0.1) is 13.8 Å². The maximum Gasteiger partial charge on any atom is 0.0726 e. The smallest absolute Gasteiger partial charge is 0.0726 e. The zero-order valence-electron chi connectivity index (χ0n) is 23.4. The van der Waals surface area contributed by atoms with E-state index >= 15 is 0 Å². The quantitative estimate of drug-likeness (QED) is 0.246. The monoisotopic (exact) mass is 517 g/mol. The van der Waals surface area contributed by atoms with Gasteiger partial charge in [-0.25, -0.2) is 0 Å². The number of anilines is 2. The third-order valence-corrected chi connectivity index (χ3v) is 9.77. The van der Waals surface area contributed by atoms with E-state index in [1.807, 2.05) is 0 Å². The fourth-order valence-electron chi connectivity index (χ4n) is 7.93. The molecule has 40 heavy (non-hydrogen) atoms. The van der Waals surface area contributed by atoms with Crippen molar-refractivity contribution in [1.82, 2.24) is 0 Å². The zero-order valence-corrected chi connectivity index (χ0v) is 23.4. The molecule has 0 heterocycles. The first kappa shape index (κ1) is 23.8. The van der Waals surface area contributed by atoms with E-state index in [0.29, 0.717) is 0 Å². The number of hydrogen-bond acceptors (Lipinski definition) is 1. The van der Waals surface area contributed by atoms with Gasteiger partial charge >= 0.3 is 0 Å². The minimum absolute atomic E-state index is 0.308. The fraction of sp³-hybridized carbons (Fsp3) is 0.231. The summed E-state index contributed by atoms with van der Waals surface area (Å²) in [6, 6.07) is 39.4. The lowest BCUT2D eigenvalue weighted by atomic mass is 9.70. The molecule has 1 heteroatoms. The van der Waals surface area contributed by atoms with Crippen LogP contribution < -0.4 is 5.32 Å². The standard InChI is InChI=1S/C39H35N/c1-25-12-19-32-33-20-13-26(2)23-37(33)39(36(32)22-25)35-11-7-6-10-31(35)34-21-18-30(24-38(34)39)40-29-16-14-28(15-17-29)27-8-4-3-5-9-27/h6-7,10-24,27,40H,3-5,8-9H2,1-2H3. The van der Waals surface area contributed by atoms with Gasteiger partial charge in [0.1, 0.15) is 0 Å². The summed E-state index contributed by atoms with van der Waals surface area (Å²) in [5, 5.41) is 3.77. The molecule has 1 nitrogen and oxygen atoms in total. The number of fused-ring (bicyclic) bond motifs is 10. The second-order valence-electron chi connectivity index (χ2n) is 12.2. The molecule has 1 fully saturated rings. The van der Waals surface area contributed by atoms with Gasteiger partial charge in [-0.15, -0.1) is 0 Å². The number of rotatable bonds is 3. The van der Waals surface area contributed by atoms with Crippen LogP contribution in [0.25, 0.3) is 22.3 Å². The number of nitrogens with one attached hydrogen (secondary N) is 1. The molecule has 1 N–H and O–H groups in total. The van der Waals surface area contributed by atoms with Crippen molar-refractivity contribution >= 4 is 11.4 Å². The van der Waals surface area contributed by atoms with Crippen molar-refractivity contribution in [3.8, 4) is 22.3 Å². The van der Waals surface area contributed by atoms with Crippen molar-refractivity contribution in [1.29, 1.82) is 0 Å². The lowest BCUT2D eigenvalue weighted by molar-refractivity contribution is 0.443. The highest BCUT2D eigenvalue weighted by Crippen LogP contribution is 2.63. The molecular formula is C39H35N. The molecule has 0 unspecified atom stereocenters. The second-order valence-corrected chi connectivity index (χ2v) is 12.2. The van der Waals surface area contributed by atoms with Gasteiger partial charge in [0.05, 0.1) is 5.41 Å². The Bertz CT molecular complexity index is 1720. The molecule has 3 aliphatic rings. The maximum absolute atomic E-state index is 3.77. The Balaban J connectivity index is 1.28. The molecule has 5 aromatic carbocycles. The normalized spacial score (nSPS) is 16.4. The van der Waals surface area contributed by atoms with E-state index in [4.69, 9.17) is 0 Å². The number of benzene rings is 5. The van der Waals surface area contributed by atoms with Gasteiger partial charge in [-0.05, 0) is 107 Å². The van der Waals surface area contributed by atoms with Gasteiger partial charge in [0.15, 0.2) is 0 Å². The molecule has 1 saturated carbocycles. The zero-order chi connectivity index (χ0) is 26.8. The van der Waals surface area contributed by atoms with Crippen molar-refractivity contribution in [3.63, 3.8) is 0 Å². The Labute approximate surface area is 237 Å². The van der Waals surface area contributed by atoms with Gasteiger partial charge in [0.25, 0.3) is 0 Å². The summed E-state index contributed by atoms with van der Waals surface area (Å²) in [5.41, 5.74) is 17.1. The third kappa shape index (κ3) is 3.40. The van der Waals surface area contributed by atoms with Crippen LogP contribution in [0.2, 0.25) is 0 Å². The summed E-state index contributed by atoms with van der Waals surface area (Å²) in [4.78, 5) is 0. The lowest BCUT2D eigenvalue weighted by Crippen LogP contribution is -2.26. The second kappa shape index (κ2) is 8.96.